The Morgan fingerprint density at radius 1 is 1.42 bits per heavy atom. The Kier molecular flexibility index (Phi) is 3.53. The number of hydrogen-bond acceptors (Lipinski definition) is 2. The second-order valence-electron chi connectivity index (χ2n) is 4.28. The predicted octanol–water partition coefficient (Wildman–Crippen LogP) is 1.93. The summed E-state index contributed by atoms with van der Waals surface area (Å²) in [6.07, 6.45) is 4.80. The third-order valence-electron chi connectivity index (χ3n) is 2.59. The molecule has 1 fully saturated rings. The van der Waals surface area contributed by atoms with E-state index in [1.165, 1.54) is 19.3 Å². The van der Waals surface area contributed by atoms with Crippen molar-refractivity contribution in [2.24, 2.45) is 11.7 Å². The van der Waals surface area contributed by atoms with Crippen LogP contribution in [0.1, 0.15) is 39.5 Å². The maximum atomic E-state index is 5.89. The highest BCUT2D eigenvalue weighted by Crippen LogP contribution is 2.38. The lowest BCUT2D eigenvalue weighted by molar-refractivity contribution is -0.111. The van der Waals surface area contributed by atoms with Crippen LogP contribution < -0.4 is 5.73 Å². The van der Waals surface area contributed by atoms with Crippen molar-refractivity contribution in [2.45, 2.75) is 45.1 Å². The molecule has 0 heterocycles. The monoisotopic (exact) mass is 171 g/mol. The van der Waals surface area contributed by atoms with Crippen molar-refractivity contribution in [2.75, 3.05) is 13.2 Å². The predicted molar refractivity (Wildman–Crippen MR) is 51.0 cm³/mol. The molecule has 0 aromatic heterocycles. The highest BCUT2D eigenvalue weighted by atomic mass is 16.5. The Labute approximate surface area is 75.5 Å². The van der Waals surface area contributed by atoms with Gasteiger partial charge in [0.25, 0.3) is 0 Å². The van der Waals surface area contributed by atoms with Crippen LogP contribution in [0.25, 0.3) is 0 Å². The van der Waals surface area contributed by atoms with Crippen molar-refractivity contribution in [3.63, 3.8) is 0 Å². The summed E-state index contributed by atoms with van der Waals surface area (Å²) in [7, 11) is 0. The van der Waals surface area contributed by atoms with Gasteiger partial charge in [0.05, 0.1) is 5.60 Å². The normalized spacial score (nSPS) is 21.0. The zero-order valence-corrected chi connectivity index (χ0v) is 8.31. The van der Waals surface area contributed by atoms with Crippen molar-refractivity contribution in [1.29, 1.82) is 0 Å². The second kappa shape index (κ2) is 4.24. The average Bonchev–Trinajstić information content (AvgIpc) is 1.94. The quantitative estimate of drug-likeness (QED) is 0.686. The Bertz CT molecular complexity index is 130. The number of nitrogens with two attached hydrogens (primary N) is 1. The summed E-state index contributed by atoms with van der Waals surface area (Å²) in [5.41, 5.74) is 5.73. The minimum atomic E-state index is 0.180. The van der Waals surface area contributed by atoms with E-state index in [1.807, 2.05) is 0 Å². The van der Waals surface area contributed by atoms with E-state index in [9.17, 15) is 0 Å². The van der Waals surface area contributed by atoms with Crippen molar-refractivity contribution in [3.05, 3.63) is 0 Å². The maximum absolute atomic E-state index is 5.89. The molecule has 2 heteroatoms. The van der Waals surface area contributed by atoms with Crippen LogP contribution in [0.15, 0.2) is 0 Å². The summed E-state index contributed by atoms with van der Waals surface area (Å²) < 4.78 is 5.89. The van der Waals surface area contributed by atoms with Gasteiger partial charge in [-0.1, -0.05) is 13.8 Å². The standard InChI is InChI=1S/C10H21NO/c1-9(2)8-12-10(6-7-11)4-3-5-10/h9H,3-8,11H2,1-2H3. The molecule has 12 heavy (non-hydrogen) atoms. The van der Waals surface area contributed by atoms with E-state index in [0.29, 0.717) is 5.92 Å². The first-order valence-corrected chi connectivity index (χ1v) is 5.02. The van der Waals surface area contributed by atoms with Gasteiger partial charge in [0.1, 0.15) is 0 Å². The second-order valence-corrected chi connectivity index (χ2v) is 4.28. The minimum absolute atomic E-state index is 0.180. The van der Waals surface area contributed by atoms with Crippen LogP contribution in [0.5, 0.6) is 0 Å². The third-order valence-corrected chi connectivity index (χ3v) is 2.59. The van der Waals surface area contributed by atoms with Crippen LogP contribution in [-0.2, 0) is 4.74 Å². The average molecular weight is 171 g/mol. The highest BCUT2D eigenvalue weighted by Gasteiger charge is 2.36. The maximum Gasteiger partial charge on any atom is 0.0694 e. The molecule has 1 aliphatic rings. The van der Waals surface area contributed by atoms with E-state index in [1.54, 1.807) is 0 Å². The van der Waals surface area contributed by atoms with Crippen LogP contribution in [0.4, 0.5) is 0 Å². The lowest BCUT2D eigenvalue weighted by Crippen LogP contribution is -2.42. The van der Waals surface area contributed by atoms with Crippen molar-refractivity contribution >= 4 is 0 Å². The molecule has 0 unspecified atom stereocenters. The third kappa shape index (κ3) is 2.46. The van der Waals surface area contributed by atoms with Gasteiger partial charge in [0.2, 0.25) is 0 Å². The molecule has 2 N–H and O–H groups in total. The molecule has 0 aliphatic heterocycles. The molecule has 2 nitrogen and oxygen atoms in total. The van der Waals surface area contributed by atoms with Crippen molar-refractivity contribution < 1.29 is 4.74 Å². The summed E-state index contributed by atoms with van der Waals surface area (Å²) in [5, 5.41) is 0. The first-order chi connectivity index (χ1) is 5.68. The molecular formula is C10H21NO. The smallest absolute Gasteiger partial charge is 0.0694 e. The lowest BCUT2D eigenvalue weighted by Gasteiger charge is -2.42. The van der Waals surface area contributed by atoms with E-state index in [2.05, 4.69) is 13.8 Å². The van der Waals surface area contributed by atoms with Gasteiger partial charge in [0.15, 0.2) is 0 Å². The molecule has 1 saturated carbocycles. The molecule has 0 amide bonds. The molecule has 0 radical (unpaired) electrons. The van der Waals surface area contributed by atoms with Crippen molar-refractivity contribution in [1.82, 2.24) is 0 Å². The van der Waals surface area contributed by atoms with Crippen LogP contribution in [0, 0.1) is 5.92 Å². The van der Waals surface area contributed by atoms with E-state index >= 15 is 0 Å². The van der Waals surface area contributed by atoms with Gasteiger partial charge >= 0.3 is 0 Å². The zero-order chi connectivity index (χ0) is 9.03. The Hall–Kier alpha value is -0.0800. The Balaban J connectivity index is 2.24. The molecule has 0 bridgehead atoms. The highest BCUT2D eigenvalue weighted by molar-refractivity contribution is 4.89. The molecule has 1 aliphatic carbocycles. The minimum Gasteiger partial charge on any atom is -0.375 e. The Morgan fingerprint density at radius 2 is 2.08 bits per heavy atom. The van der Waals surface area contributed by atoms with Gasteiger partial charge in [0, 0.05) is 6.61 Å². The summed E-state index contributed by atoms with van der Waals surface area (Å²) in [4.78, 5) is 0. The van der Waals surface area contributed by atoms with Gasteiger partial charge in [-0.3, -0.25) is 0 Å². The van der Waals surface area contributed by atoms with Gasteiger partial charge in [-0.15, -0.1) is 0 Å². The summed E-state index contributed by atoms with van der Waals surface area (Å²) in [5.74, 6) is 0.639. The van der Waals surface area contributed by atoms with E-state index in [-0.39, 0.29) is 5.60 Å². The van der Waals surface area contributed by atoms with Gasteiger partial charge in [-0.05, 0) is 38.1 Å². The summed E-state index contributed by atoms with van der Waals surface area (Å²) >= 11 is 0. The first-order valence-electron chi connectivity index (χ1n) is 5.02. The number of ether oxygens (including phenoxy) is 1. The molecule has 0 spiro atoms. The molecule has 72 valence electrons. The van der Waals surface area contributed by atoms with Crippen LogP contribution in [0.3, 0.4) is 0 Å². The fourth-order valence-electron chi connectivity index (χ4n) is 1.64. The van der Waals surface area contributed by atoms with E-state index in [0.717, 1.165) is 19.6 Å². The van der Waals surface area contributed by atoms with Gasteiger partial charge < -0.3 is 10.5 Å². The number of rotatable bonds is 5. The zero-order valence-electron chi connectivity index (χ0n) is 8.31. The molecule has 0 aromatic rings. The number of hydrogen-bond donors (Lipinski definition) is 1. The first kappa shape index (κ1) is 10.0. The van der Waals surface area contributed by atoms with Gasteiger partial charge in [-0.25, -0.2) is 0 Å². The van der Waals surface area contributed by atoms with Gasteiger partial charge in [-0.2, -0.15) is 0 Å². The fraction of sp³-hybridized carbons (Fsp3) is 1.00. The largest absolute Gasteiger partial charge is 0.375 e. The van der Waals surface area contributed by atoms with Crippen LogP contribution in [0.2, 0.25) is 0 Å². The topological polar surface area (TPSA) is 35.2 Å². The van der Waals surface area contributed by atoms with Crippen molar-refractivity contribution in [3.8, 4) is 0 Å². The molecule has 1 rings (SSSR count). The molecule has 0 saturated heterocycles. The van der Waals surface area contributed by atoms with E-state index in [4.69, 9.17) is 10.5 Å². The van der Waals surface area contributed by atoms with E-state index < -0.39 is 0 Å². The SMILES string of the molecule is CC(C)COC1(CCN)CCC1. The molecule has 0 aromatic carbocycles. The van der Waals surface area contributed by atoms with Crippen LogP contribution >= 0.6 is 0 Å². The van der Waals surface area contributed by atoms with Crippen LogP contribution in [-0.4, -0.2) is 18.8 Å². The summed E-state index contributed by atoms with van der Waals surface area (Å²) in [6, 6.07) is 0. The summed E-state index contributed by atoms with van der Waals surface area (Å²) in [6.45, 7) is 6.03. The fourth-order valence-corrected chi connectivity index (χ4v) is 1.64. The Morgan fingerprint density at radius 3 is 2.42 bits per heavy atom. The molecule has 0 atom stereocenters. The lowest BCUT2D eigenvalue weighted by atomic mass is 9.77. The molecular weight excluding hydrogens is 150 g/mol.